The van der Waals surface area contributed by atoms with Crippen LogP contribution in [0.1, 0.15) is 0 Å². The molecule has 27 heavy (non-hydrogen) atoms. The molecule has 1 aromatic heterocycles. The van der Waals surface area contributed by atoms with Gasteiger partial charge in [-0.25, -0.2) is 8.42 Å². The van der Waals surface area contributed by atoms with Crippen molar-refractivity contribution >= 4 is 49.1 Å². The summed E-state index contributed by atoms with van der Waals surface area (Å²) in [4.78, 5) is 18.0. The number of carbonyl (C=O) groups is 1. The van der Waals surface area contributed by atoms with Gasteiger partial charge in [-0.2, -0.15) is 4.99 Å². The maximum atomic E-state index is 12.4. The second kappa shape index (κ2) is 7.87. The van der Waals surface area contributed by atoms with Crippen LogP contribution in [-0.2, 0) is 21.7 Å². The Labute approximate surface area is 165 Å². The van der Waals surface area contributed by atoms with Crippen LogP contribution >= 0.6 is 23.1 Å². The molecule has 0 atom stereocenters. The maximum absolute atomic E-state index is 12.4. The predicted molar refractivity (Wildman–Crippen MR) is 108 cm³/mol. The Bertz CT molecular complexity index is 1160. The largest absolute Gasteiger partial charge is 0.497 e. The van der Waals surface area contributed by atoms with Gasteiger partial charge in [-0.05, 0) is 48.7 Å². The summed E-state index contributed by atoms with van der Waals surface area (Å²) >= 11 is 2.99. The van der Waals surface area contributed by atoms with Crippen molar-refractivity contribution in [2.45, 2.75) is 9.79 Å². The van der Waals surface area contributed by atoms with Crippen LogP contribution in [0.5, 0.6) is 5.75 Å². The molecule has 0 saturated heterocycles. The van der Waals surface area contributed by atoms with E-state index in [0.29, 0.717) is 10.6 Å². The number of carbonyl (C=O) groups excluding carboxylic acids is 1. The molecule has 0 bridgehead atoms. The number of methoxy groups -OCH3 is 1. The highest BCUT2D eigenvalue weighted by atomic mass is 32.2. The first-order valence-corrected chi connectivity index (χ1v) is 11.6. The molecule has 3 aromatic rings. The smallest absolute Gasteiger partial charge is 0.263 e. The fourth-order valence-corrected chi connectivity index (χ4v) is 5.21. The van der Waals surface area contributed by atoms with Gasteiger partial charge >= 0.3 is 0 Å². The molecule has 0 aliphatic carbocycles. The molecule has 0 spiro atoms. The first-order chi connectivity index (χ1) is 12.8. The van der Waals surface area contributed by atoms with Crippen LogP contribution < -0.4 is 9.54 Å². The average Bonchev–Trinajstić information content (AvgIpc) is 2.96. The van der Waals surface area contributed by atoms with Crippen molar-refractivity contribution in [2.24, 2.45) is 12.0 Å². The fraction of sp³-hybridized carbons (Fsp3) is 0.222. The number of aryl methyl sites for hydroxylation is 1. The number of nitrogens with zero attached hydrogens (tertiary/aromatic N) is 2. The number of hydrogen-bond acceptors (Lipinski definition) is 6. The molecule has 1 amide bonds. The zero-order valence-electron chi connectivity index (χ0n) is 15.0. The Morgan fingerprint density at radius 3 is 2.56 bits per heavy atom. The zero-order chi connectivity index (χ0) is 19.6. The van der Waals surface area contributed by atoms with Crippen molar-refractivity contribution in [3.8, 4) is 5.75 Å². The number of thiazole rings is 1. The molecule has 0 aliphatic heterocycles. The molecule has 0 N–H and O–H groups in total. The number of rotatable bonds is 5. The summed E-state index contributed by atoms with van der Waals surface area (Å²) in [6.07, 6.45) is 1.99. The number of sulfone groups is 1. The number of thioether (sulfide) groups is 1. The highest BCUT2D eigenvalue weighted by Gasteiger charge is 2.19. The zero-order valence-corrected chi connectivity index (χ0v) is 17.5. The van der Waals surface area contributed by atoms with Crippen molar-refractivity contribution in [1.29, 1.82) is 0 Å². The Morgan fingerprint density at radius 2 is 1.93 bits per heavy atom. The van der Waals surface area contributed by atoms with E-state index in [1.807, 2.05) is 31.5 Å². The van der Waals surface area contributed by atoms with Crippen molar-refractivity contribution in [3.05, 3.63) is 47.3 Å². The minimum atomic E-state index is -3.76. The molecular formula is C18H18N2O4S3. The lowest BCUT2D eigenvalue weighted by Crippen LogP contribution is -2.19. The normalized spacial score (nSPS) is 12.5. The fourth-order valence-electron chi connectivity index (χ4n) is 2.52. The highest BCUT2D eigenvalue weighted by Crippen LogP contribution is 2.23. The van der Waals surface area contributed by atoms with Gasteiger partial charge in [-0.3, -0.25) is 4.79 Å². The number of aromatic nitrogens is 1. The van der Waals surface area contributed by atoms with Gasteiger partial charge in [-0.15, -0.1) is 11.8 Å². The second-order valence-electron chi connectivity index (χ2n) is 5.72. The van der Waals surface area contributed by atoms with Crippen LogP contribution in [0.2, 0.25) is 0 Å². The van der Waals surface area contributed by atoms with Gasteiger partial charge < -0.3 is 9.30 Å². The first kappa shape index (κ1) is 19.7. The van der Waals surface area contributed by atoms with E-state index in [2.05, 4.69) is 4.99 Å². The van der Waals surface area contributed by atoms with Gasteiger partial charge in [-0.1, -0.05) is 11.3 Å². The van der Waals surface area contributed by atoms with Crippen molar-refractivity contribution in [1.82, 2.24) is 4.57 Å². The van der Waals surface area contributed by atoms with Crippen LogP contribution in [0.15, 0.2) is 57.2 Å². The molecule has 3 rings (SSSR count). The third-order valence-electron chi connectivity index (χ3n) is 3.97. The van der Waals surface area contributed by atoms with E-state index in [0.717, 1.165) is 15.1 Å². The average molecular weight is 423 g/mol. The van der Waals surface area contributed by atoms with Gasteiger partial charge in [0, 0.05) is 11.9 Å². The van der Waals surface area contributed by atoms with Gasteiger partial charge in [0.25, 0.3) is 5.91 Å². The lowest BCUT2D eigenvalue weighted by Gasteiger charge is -2.03. The number of amides is 1. The molecular weight excluding hydrogens is 404 g/mol. The van der Waals surface area contributed by atoms with Gasteiger partial charge in [0.15, 0.2) is 14.6 Å². The molecule has 0 radical (unpaired) electrons. The quantitative estimate of drug-likeness (QED) is 0.591. The van der Waals surface area contributed by atoms with E-state index >= 15 is 0 Å². The van der Waals surface area contributed by atoms with E-state index in [1.165, 1.54) is 30.6 Å². The minimum absolute atomic E-state index is 0.0668. The Balaban J connectivity index is 1.89. The molecule has 0 aliphatic rings. The lowest BCUT2D eigenvalue weighted by atomic mass is 10.3. The Hall–Kier alpha value is -2.10. The first-order valence-electron chi connectivity index (χ1n) is 7.92. The Morgan fingerprint density at radius 1 is 1.22 bits per heavy atom. The van der Waals surface area contributed by atoms with Crippen LogP contribution in [-0.4, -0.2) is 38.0 Å². The number of benzene rings is 2. The summed E-state index contributed by atoms with van der Waals surface area (Å²) in [6.45, 7) is 0. The third-order valence-corrected chi connectivity index (χ3v) is 7.41. The van der Waals surface area contributed by atoms with Crippen LogP contribution in [0.4, 0.5) is 0 Å². The second-order valence-corrected chi connectivity index (χ2v) is 9.60. The van der Waals surface area contributed by atoms with Crippen molar-refractivity contribution in [2.75, 3.05) is 19.1 Å². The van der Waals surface area contributed by atoms with Crippen LogP contribution in [0.3, 0.4) is 0 Å². The van der Waals surface area contributed by atoms with E-state index in [1.54, 1.807) is 28.5 Å². The number of ether oxygens (including phenoxy) is 1. The molecule has 6 nitrogen and oxygen atoms in total. The number of fused-ring (bicyclic) bond motifs is 1. The summed E-state index contributed by atoms with van der Waals surface area (Å²) < 4.78 is 32.7. The molecule has 0 fully saturated rings. The van der Waals surface area contributed by atoms with E-state index < -0.39 is 21.5 Å². The Kier molecular flexibility index (Phi) is 5.73. The SMILES string of the molecule is COc1ccc(S(=O)(=O)CC(=O)N=c2sc3cc(SC)ccc3n2C)cc1. The summed E-state index contributed by atoms with van der Waals surface area (Å²) in [6, 6.07) is 11.9. The standard InChI is InChI=1S/C18H18N2O4S3/c1-20-15-9-6-13(25-3)10-16(15)26-18(20)19-17(21)11-27(22,23)14-7-4-12(24-2)5-8-14/h4-10H,11H2,1-3H3. The summed E-state index contributed by atoms with van der Waals surface area (Å²) in [5.74, 6) is -0.825. The van der Waals surface area contributed by atoms with Crippen molar-refractivity contribution < 1.29 is 17.9 Å². The molecule has 0 saturated carbocycles. The van der Waals surface area contributed by atoms with Crippen molar-refractivity contribution in [3.63, 3.8) is 0 Å². The molecule has 0 unspecified atom stereocenters. The van der Waals surface area contributed by atoms with Crippen LogP contribution in [0.25, 0.3) is 10.2 Å². The van der Waals surface area contributed by atoms with Gasteiger partial charge in [0.05, 0.1) is 22.2 Å². The summed E-state index contributed by atoms with van der Waals surface area (Å²) in [5, 5.41) is 0. The summed E-state index contributed by atoms with van der Waals surface area (Å²) in [5.41, 5.74) is 0.947. The van der Waals surface area contributed by atoms with E-state index in [9.17, 15) is 13.2 Å². The predicted octanol–water partition coefficient (Wildman–Crippen LogP) is 2.87. The lowest BCUT2D eigenvalue weighted by molar-refractivity contribution is -0.115. The monoisotopic (exact) mass is 422 g/mol. The minimum Gasteiger partial charge on any atom is -0.497 e. The van der Waals surface area contributed by atoms with E-state index in [4.69, 9.17) is 4.74 Å². The maximum Gasteiger partial charge on any atom is 0.263 e. The number of hydrogen-bond donors (Lipinski definition) is 0. The summed E-state index contributed by atoms with van der Waals surface area (Å²) in [7, 11) is -0.459. The molecule has 9 heteroatoms. The van der Waals surface area contributed by atoms with E-state index in [-0.39, 0.29) is 4.90 Å². The topological polar surface area (TPSA) is 77.7 Å². The van der Waals surface area contributed by atoms with Gasteiger partial charge in [0.2, 0.25) is 0 Å². The highest BCUT2D eigenvalue weighted by molar-refractivity contribution is 7.98. The van der Waals surface area contributed by atoms with Crippen LogP contribution in [0, 0.1) is 0 Å². The third kappa shape index (κ3) is 4.26. The molecule has 1 heterocycles. The molecule has 2 aromatic carbocycles. The molecule has 142 valence electrons. The van der Waals surface area contributed by atoms with Gasteiger partial charge in [0.1, 0.15) is 11.5 Å².